The van der Waals surface area contributed by atoms with Gasteiger partial charge in [-0.2, -0.15) is 0 Å². The molecule has 3 amide bonds. The second-order valence-electron chi connectivity index (χ2n) is 8.72. The number of amides is 3. The topological polar surface area (TPSA) is 110 Å². The van der Waals surface area contributed by atoms with Crippen molar-refractivity contribution in [1.29, 1.82) is 0 Å². The van der Waals surface area contributed by atoms with Crippen LogP contribution in [0.15, 0.2) is 52.6 Å². The number of nitrogens with one attached hydrogen (secondary N) is 1. The summed E-state index contributed by atoms with van der Waals surface area (Å²) in [6.45, 7) is 6.70. The van der Waals surface area contributed by atoms with E-state index in [0.29, 0.717) is 51.7 Å². The first-order chi connectivity index (χ1) is 16.7. The third kappa shape index (κ3) is 4.05. The van der Waals surface area contributed by atoms with Gasteiger partial charge >= 0.3 is 6.09 Å². The first-order valence-corrected chi connectivity index (χ1v) is 11.5. The Bertz CT molecular complexity index is 1360. The van der Waals surface area contributed by atoms with Crippen molar-refractivity contribution in [3.63, 3.8) is 0 Å². The molecule has 2 aromatic carbocycles. The highest BCUT2D eigenvalue weighted by atomic mass is 16.5. The fourth-order valence-corrected chi connectivity index (χ4v) is 4.39. The Morgan fingerprint density at radius 1 is 0.886 bits per heavy atom. The van der Waals surface area contributed by atoms with Gasteiger partial charge < -0.3 is 4.74 Å². The first-order valence-electron chi connectivity index (χ1n) is 11.5. The van der Waals surface area contributed by atoms with Gasteiger partial charge in [0.2, 0.25) is 0 Å². The zero-order chi connectivity index (χ0) is 25.4. The molecule has 2 aliphatic rings. The van der Waals surface area contributed by atoms with Gasteiger partial charge in [0.25, 0.3) is 11.8 Å². The maximum absolute atomic E-state index is 13.0. The van der Waals surface area contributed by atoms with Crippen LogP contribution in [0.5, 0.6) is 0 Å². The minimum Gasteiger partial charge on any atom is -0.444 e. The van der Waals surface area contributed by atoms with Gasteiger partial charge in [0, 0.05) is 50.7 Å². The van der Waals surface area contributed by atoms with Gasteiger partial charge in [0.15, 0.2) is 11.6 Å². The van der Waals surface area contributed by atoms with E-state index in [2.05, 4.69) is 5.32 Å². The number of carbonyl (C=O) groups is 5. The van der Waals surface area contributed by atoms with Crippen molar-refractivity contribution in [2.24, 2.45) is 0 Å². The highest BCUT2D eigenvalue weighted by molar-refractivity contribution is 6.27. The van der Waals surface area contributed by atoms with E-state index >= 15 is 0 Å². The molecule has 0 spiro atoms. The molecule has 1 aliphatic carbocycles. The van der Waals surface area contributed by atoms with E-state index in [4.69, 9.17) is 4.74 Å². The predicted molar refractivity (Wildman–Crippen MR) is 130 cm³/mol. The Hall–Kier alpha value is -4.07. The molecule has 180 valence electrons. The lowest BCUT2D eigenvalue weighted by atomic mass is 9.86. The van der Waals surface area contributed by atoms with Crippen LogP contribution in [0.4, 0.5) is 10.5 Å². The standard InChI is InChI=1S/C27H26N2O6/c1-5-6-12-29-25(32)18-9-7-8-17-21(11-10-19(22(17)18)26(29)33)28-27(34)35-13-20-16(4)23(30)14(2)15(3)24(20)31/h7-11H,5-6,12-13H2,1-4H3,(H,28,34). The maximum Gasteiger partial charge on any atom is 0.411 e. The number of nitrogens with zero attached hydrogens (tertiary/aromatic N) is 1. The molecule has 0 aromatic heterocycles. The third-order valence-corrected chi connectivity index (χ3v) is 6.62. The number of imide groups is 1. The summed E-state index contributed by atoms with van der Waals surface area (Å²) in [5, 5.41) is 3.65. The van der Waals surface area contributed by atoms with Gasteiger partial charge in [-0.05, 0) is 45.4 Å². The number of rotatable bonds is 6. The Morgan fingerprint density at radius 2 is 1.54 bits per heavy atom. The normalized spacial score (nSPS) is 15.9. The molecule has 1 aliphatic heterocycles. The minimum atomic E-state index is -0.826. The molecule has 2 aromatic rings. The Morgan fingerprint density at radius 3 is 2.23 bits per heavy atom. The summed E-state index contributed by atoms with van der Waals surface area (Å²) in [6.07, 6.45) is 0.742. The fourth-order valence-electron chi connectivity index (χ4n) is 4.39. The average Bonchev–Trinajstić information content (AvgIpc) is 2.85. The summed E-state index contributed by atoms with van der Waals surface area (Å²) in [4.78, 5) is 64.7. The van der Waals surface area contributed by atoms with Crippen molar-refractivity contribution in [2.45, 2.75) is 40.5 Å². The van der Waals surface area contributed by atoms with E-state index in [9.17, 15) is 24.0 Å². The lowest BCUT2D eigenvalue weighted by Crippen LogP contribution is -2.40. The predicted octanol–water partition coefficient (Wildman–Crippen LogP) is 4.59. The quantitative estimate of drug-likeness (QED) is 0.484. The molecule has 1 heterocycles. The number of anilines is 1. The second kappa shape index (κ2) is 9.29. The molecule has 0 saturated heterocycles. The summed E-state index contributed by atoms with van der Waals surface area (Å²) in [7, 11) is 0. The SMILES string of the molecule is CCCCN1C(=O)c2cccc3c(NC(=O)OCC4=C(C)C(=O)C(C)=C(C)C4=O)ccc(c23)C1=O. The number of ether oxygens (including phenoxy) is 1. The van der Waals surface area contributed by atoms with E-state index < -0.39 is 6.09 Å². The number of benzene rings is 2. The molecule has 0 atom stereocenters. The van der Waals surface area contributed by atoms with Crippen molar-refractivity contribution in [2.75, 3.05) is 18.5 Å². The smallest absolute Gasteiger partial charge is 0.411 e. The highest BCUT2D eigenvalue weighted by Crippen LogP contribution is 2.34. The molecule has 4 rings (SSSR count). The zero-order valence-electron chi connectivity index (χ0n) is 20.1. The Labute approximate surface area is 202 Å². The van der Waals surface area contributed by atoms with Crippen LogP contribution < -0.4 is 5.32 Å². The molecule has 0 unspecified atom stereocenters. The van der Waals surface area contributed by atoms with Crippen LogP contribution in [0.3, 0.4) is 0 Å². The summed E-state index contributed by atoms with van der Waals surface area (Å²) in [5.41, 5.74) is 2.30. The molecule has 8 heteroatoms. The average molecular weight is 475 g/mol. The van der Waals surface area contributed by atoms with Crippen LogP contribution in [0.2, 0.25) is 0 Å². The van der Waals surface area contributed by atoms with Crippen molar-refractivity contribution in [3.8, 4) is 0 Å². The first kappa shape index (κ1) is 24.1. The second-order valence-corrected chi connectivity index (χ2v) is 8.72. The van der Waals surface area contributed by atoms with Crippen LogP contribution in [-0.2, 0) is 14.3 Å². The molecule has 0 bridgehead atoms. The monoisotopic (exact) mass is 474 g/mol. The summed E-state index contributed by atoms with van der Waals surface area (Å²) in [5.74, 6) is -1.28. The molecule has 0 saturated carbocycles. The molecule has 8 nitrogen and oxygen atoms in total. The maximum atomic E-state index is 13.0. The number of allylic oxidation sites excluding steroid dienone is 3. The van der Waals surface area contributed by atoms with E-state index in [1.807, 2.05) is 6.92 Å². The number of ketones is 2. The molecular formula is C27H26N2O6. The number of hydrogen-bond donors (Lipinski definition) is 1. The van der Waals surface area contributed by atoms with Crippen molar-refractivity contribution in [1.82, 2.24) is 4.90 Å². The zero-order valence-corrected chi connectivity index (χ0v) is 20.1. The van der Waals surface area contributed by atoms with Gasteiger partial charge in [-0.15, -0.1) is 0 Å². The van der Waals surface area contributed by atoms with Crippen molar-refractivity contribution in [3.05, 3.63) is 63.8 Å². The molecule has 1 N–H and O–H groups in total. The Kier molecular flexibility index (Phi) is 6.39. The summed E-state index contributed by atoms with van der Waals surface area (Å²) >= 11 is 0. The van der Waals surface area contributed by atoms with Gasteiger partial charge in [0.1, 0.15) is 6.61 Å². The number of hydrogen-bond acceptors (Lipinski definition) is 6. The highest BCUT2D eigenvalue weighted by Gasteiger charge is 2.33. The number of Topliss-reactive ketones (excluding diaryl/α,β-unsaturated/α-hetero) is 2. The van der Waals surface area contributed by atoms with Crippen LogP contribution in [0, 0.1) is 0 Å². The van der Waals surface area contributed by atoms with Gasteiger partial charge in [-0.1, -0.05) is 25.5 Å². The number of carbonyl (C=O) groups excluding carboxylic acids is 5. The van der Waals surface area contributed by atoms with Gasteiger partial charge in [0.05, 0.1) is 5.69 Å². The van der Waals surface area contributed by atoms with E-state index in [1.54, 1.807) is 44.2 Å². The van der Waals surface area contributed by atoms with Crippen LogP contribution >= 0.6 is 0 Å². The van der Waals surface area contributed by atoms with Crippen LogP contribution in [0.1, 0.15) is 61.3 Å². The lowest BCUT2D eigenvalue weighted by Gasteiger charge is -2.27. The third-order valence-electron chi connectivity index (χ3n) is 6.62. The van der Waals surface area contributed by atoms with E-state index in [0.717, 1.165) is 6.42 Å². The number of unbranched alkanes of at least 4 members (excludes halogenated alkanes) is 1. The molecule has 35 heavy (non-hydrogen) atoms. The molecular weight excluding hydrogens is 448 g/mol. The van der Waals surface area contributed by atoms with E-state index in [-0.39, 0.29) is 41.1 Å². The minimum absolute atomic E-state index is 0.147. The van der Waals surface area contributed by atoms with Crippen LogP contribution in [0.25, 0.3) is 10.8 Å². The van der Waals surface area contributed by atoms with Gasteiger partial charge in [-0.3, -0.25) is 29.4 Å². The Balaban J connectivity index is 1.58. The summed E-state index contributed by atoms with van der Waals surface area (Å²) in [6, 6.07) is 8.25. The van der Waals surface area contributed by atoms with Gasteiger partial charge in [-0.25, -0.2) is 4.79 Å². The summed E-state index contributed by atoms with van der Waals surface area (Å²) < 4.78 is 5.27. The largest absolute Gasteiger partial charge is 0.444 e. The van der Waals surface area contributed by atoms with Crippen molar-refractivity contribution < 1.29 is 28.7 Å². The fraction of sp³-hybridized carbons (Fsp3) is 0.296. The van der Waals surface area contributed by atoms with Crippen LogP contribution in [-0.4, -0.2) is 47.5 Å². The van der Waals surface area contributed by atoms with E-state index in [1.165, 1.54) is 11.8 Å². The lowest BCUT2D eigenvalue weighted by molar-refractivity contribution is -0.116. The van der Waals surface area contributed by atoms with Crippen molar-refractivity contribution >= 4 is 45.9 Å². The molecule has 0 fully saturated rings. The molecule has 0 radical (unpaired) electrons.